The first-order valence-corrected chi connectivity index (χ1v) is 11.6. The van der Waals surface area contributed by atoms with Gasteiger partial charge in [0.2, 0.25) is 11.8 Å². The van der Waals surface area contributed by atoms with Crippen molar-refractivity contribution in [3.8, 4) is 5.75 Å². The van der Waals surface area contributed by atoms with Gasteiger partial charge in [0.1, 0.15) is 5.75 Å². The van der Waals surface area contributed by atoms with E-state index in [0.717, 1.165) is 17.5 Å². The predicted molar refractivity (Wildman–Crippen MR) is 124 cm³/mol. The van der Waals surface area contributed by atoms with Gasteiger partial charge < -0.3 is 19.4 Å². The first-order chi connectivity index (χ1) is 16.0. The Kier molecular flexibility index (Phi) is 7.27. The lowest BCUT2D eigenvalue weighted by molar-refractivity contribution is -0.137. The topological polar surface area (TPSA) is 70.2 Å². The summed E-state index contributed by atoms with van der Waals surface area (Å²) in [6.07, 6.45) is 0.978. The normalized spacial score (nSPS) is 18.9. The SMILES string of the molecule is Cc1ccc(OCC(=O)N2CCCN(C(=O)C3CC(=O)N(Cc4ccccc4)C3)CC2)cc1. The molecule has 2 saturated heterocycles. The summed E-state index contributed by atoms with van der Waals surface area (Å²) >= 11 is 0. The minimum Gasteiger partial charge on any atom is -0.484 e. The van der Waals surface area contributed by atoms with Gasteiger partial charge in [-0.05, 0) is 31.0 Å². The van der Waals surface area contributed by atoms with Crippen molar-refractivity contribution in [2.45, 2.75) is 26.3 Å². The molecule has 2 fully saturated rings. The Morgan fingerprint density at radius 2 is 1.64 bits per heavy atom. The fourth-order valence-electron chi connectivity index (χ4n) is 4.41. The van der Waals surface area contributed by atoms with Gasteiger partial charge in [0.25, 0.3) is 5.91 Å². The van der Waals surface area contributed by atoms with Crippen LogP contribution in [-0.2, 0) is 20.9 Å². The molecule has 0 saturated carbocycles. The van der Waals surface area contributed by atoms with Crippen molar-refractivity contribution in [3.63, 3.8) is 0 Å². The average molecular weight is 450 g/mol. The van der Waals surface area contributed by atoms with Crippen LogP contribution < -0.4 is 4.74 Å². The van der Waals surface area contributed by atoms with Gasteiger partial charge in [-0.3, -0.25) is 14.4 Å². The van der Waals surface area contributed by atoms with Crippen LogP contribution in [0.3, 0.4) is 0 Å². The summed E-state index contributed by atoms with van der Waals surface area (Å²) in [6.45, 7) is 5.15. The lowest BCUT2D eigenvalue weighted by Crippen LogP contribution is -2.41. The highest BCUT2D eigenvalue weighted by atomic mass is 16.5. The van der Waals surface area contributed by atoms with Crippen molar-refractivity contribution in [2.24, 2.45) is 5.92 Å². The largest absolute Gasteiger partial charge is 0.484 e. The summed E-state index contributed by atoms with van der Waals surface area (Å²) in [5.41, 5.74) is 2.20. The molecule has 1 atom stereocenters. The van der Waals surface area contributed by atoms with Crippen LogP contribution in [0, 0.1) is 12.8 Å². The molecule has 0 N–H and O–H groups in total. The van der Waals surface area contributed by atoms with Gasteiger partial charge in [-0.25, -0.2) is 0 Å². The van der Waals surface area contributed by atoms with E-state index >= 15 is 0 Å². The average Bonchev–Trinajstić information content (AvgIpc) is 3.03. The summed E-state index contributed by atoms with van der Waals surface area (Å²) in [4.78, 5) is 43.6. The summed E-state index contributed by atoms with van der Waals surface area (Å²) in [6, 6.07) is 17.4. The summed E-state index contributed by atoms with van der Waals surface area (Å²) in [5, 5.41) is 0. The highest BCUT2D eigenvalue weighted by molar-refractivity contribution is 5.89. The van der Waals surface area contributed by atoms with Crippen LogP contribution in [0.5, 0.6) is 5.75 Å². The number of ether oxygens (including phenoxy) is 1. The molecule has 3 amide bonds. The molecule has 0 aliphatic carbocycles. The molecular weight excluding hydrogens is 418 g/mol. The number of rotatable bonds is 6. The fourth-order valence-corrected chi connectivity index (χ4v) is 4.41. The van der Waals surface area contributed by atoms with Gasteiger partial charge >= 0.3 is 0 Å². The quantitative estimate of drug-likeness (QED) is 0.680. The molecule has 0 radical (unpaired) electrons. The molecule has 0 bridgehead atoms. The lowest BCUT2D eigenvalue weighted by Gasteiger charge is -2.24. The molecule has 4 rings (SSSR count). The molecule has 174 valence electrons. The first-order valence-electron chi connectivity index (χ1n) is 11.6. The number of benzene rings is 2. The third-order valence-corrected chi connectivity index (χ3v) is 6.32. The van der Waals surface area contributed by atoms with Crippen molar-refractivity contribution in [3.05, 3.63) is 65.7 Å². The smallest absolute Gasteiger partial charge is 0.260 e. The van der Waals surface area contributed by atoms with Crippen LogP contribution in [0.2, 0.25) is 0 Å². The predicted octanol–water partition coefficient (Wildman–Crippen LogP) is 2.48. The number of carbonyl (C=O) groups excluding carboxylic acids is 3. The van der Waals surface area contributed by atoms with Crippen LogP contribution in [0.15, 0.2) is 54.6 Å². The Hall–Kier alpha value is -3.35. The highest BCUT2D eigenvalue weighted by Gasteiger charge is 2.37. The van der Waals surface area contributed by atoms with Gasteiger partial charge in [-0.2, -0.15) is 0 Å². The van der Waals surface area contributed by atoms with Crippen molar-refractivity contribution < 1.29 is 19.1 Å². The molecule has 0 aromatic heterocycles. The Morgan fingerprint density at radius 3 is 2.39 bits per heavy atom. The van der Waals surface area contributed by atoms with Crippen LogP contribution in [0.4, 0.5) is 0 Å². The Bertz CT molecular complexity index is 977. The molecule has 2 aliphatic heterocycles. The monoisotopic (exact) mass is 449 g/mol. The summed E-state index contributed by atoms with van der Waals surface area (Å²) in [5.74, 6) is 0.330. The minimum absolute atomic E-state index is 0.0113. The zero-order valence-corrected chi connectivity index (χ0v) is 19.1. The van der Waals surface area contributed by atoms with Gasteiger partial charge in [-0.1, -0.05) is 48.0 Å². The van der Waals surface area contributed by atoms with E-state index in [4.69, 9.17) is 4.74 Å². The van der Waals surface area contributed by atoms with Crippen LogP contribution >= 0.6 is 0 Å². The standard InChI is InChI=1S/C26H31N3O4/c1-20-8-10-23(11-9-20)33-19-25(31)27-12-5-13-28(15-14-27)26(32)22-16-24(30)29(18-22)17-21-6-3-2-4-7-21/h2-4,6-11,22H,5,12-19H2,1H3. The number of carbonyl (C=O) groups is 3. The first kappa shape index (κ1) is 22.8. The van der Waals surface area contributed by atoms with E-state index in [1.165, 1.54) is 0 Å². The summed E-state index contributed by atoms with van der Waals surface area (Å²) in [7, 11) is 0. The second kappa shape index (κ2) is 10.5. The molecule has 7 nitrogen and oxygen atoms in total. The van der Waals surface area contributed by atoms with Crippen LogP contribution in [0.1, 0.15) is 24.0 Å². The maximum absolute atomic E-state index is 13.1. The molecule has 2 aromatic rings. The van der Waals surface area contributed by atoms with E-state index in [-0.39, 0.29) is 36.7 Å². The maximum Gasteiger partial charge on any atom is 0.260 e. The number of nitrogens with zero attached hydrogens (tertiary/aromatic N) is 3. The van der Waals surface area contributed by atoms with Crippen molar-refractivity contribution in [1.29, 1.82) is 0 Å². The Labute approximate surface area is 194 Å². The fraction of sp³-hybridized carbons (Fsp3) is 0.423. The third-order valence-electron chi connectivity index (χ3n) is 6.32. The molecule has 2 aromatic carbocycles. The van der Waals surface area contributed by atoms with Crippen molar-refractivity contribution in [1.82, 2.24) is 14.7 Å². The van der Waals surface area contributed by atoms with Gasteiger partial charge in [0.15, 0.2) is 6.61 Å². The van der Waals surface area contributed by atoms with E-state index in [0.29, 0.717) is 45.0 Å². The number of hydrogen-bond acceptors (Lipinski definition) is 4. The Balaban J connectivity index is 1.26. The van der Waals surface area contributed by atoms with Gasteiger partial charge in [-0.15, -0.1) is 0 Å². The number of aryl methyl sites for hydroxylation is 1. The highest BCUT2D eigenvalue weighted by Crippen LogP contribution is 2.23. The lowest BCUT2D eigenvalue weighted by atomic mass is 10.1. The van der Waals surface area contributed by atoms with Crippen molar-refractivity contribution in [2.75, 3.05) is 39.3 Å². The second-order valence-electron chi connectivity index (χ2n) is 8.82. The zero-order valence-electron chi connectivity index (χ0n) is 19.1. The number of likely N-dealkylation sites (tertiary alicyclic amines) is 1. The van der Waals surface area contributed by atoms with Gasteiger partial charge in [0.05, 0.1) is 5.92 Å². The molecule has 7 heteroatoms. The molecular formula is C26H31N3O4. The van der Waals surface area contributed by atoms with Gasteiger partial charge in [0, 0.05) is 45.7 Å². The van der Waals surface area contributed by atoms with Crippen molar-refractivity contribution >= 4 is 17.7 Å². The third kappa shape index (κ3) is 5.92. The number of hydrogen-bond donors (Lipinski definition) is 0. The molecule has 0 spiro atoms. The molecule has 1 unspecified atom stereocenters. The maximum atomic E-state index is 13.1. The number of amides is 3. The second-order valence-corrected chi connectivity index (χ2v) is 8.82. The molecule has 2 heterocycles. The van der Waals surface area contributed by atoms with Crippen LogP contribution in [-0.4, -0.2) is 71.8 Å². The Morgan fingerprint density at radius 1 is 0.939 bits per heavy atom. The van der Waals surface area contributed by atoms with E-state index in [9.17, 15) is 14.4 Å². The molecule has 33 heavy (non-hydrogen) atoms. The van der Waals surface area contributed by atoms with E-state index in [2.05, 4.69) is 0 Å². The zero-order chi connectivity index (χ0) is 23.2. The molecule has 2 aliphatic rings. The van der Waals surface area contributed by atoms with E-state index in [1.54, 1.807) is 9.80 Å². The van der Waals surface area contributed by atoms with E-state index in [1.807, 2.05) is 66.4 Å². The minimum atomic E-state index is -0.312. The van der Waals surface area contributed by atoms with E-state index < -0.39 is 0 Å². The van der Waals surface area contributed by atoms with Crippen LogP contribution in [0.25, 0.3) is 0 Å². The summed E-state index contributed by atoms with van der Waals surface area (Å²) < 4.78 is 5.63.